The highest BCUT2D eigenvalue weighted by Gasteiger charge is 2.10. The van der Waals surface area contributed by atoms with E-state index in [0.29, 0.717) is 6.54 Å². The molecular formula is C15H23N5. The van der Waals surface area contributed by atoms with Crippen molar-refractivity contribution < 1.29 is 0 Å². The molecule has 2 aromatic rings. The molecule has 0 fully saturated rings. The lowest BCUT2D eigenvalue weighted by Crippen LogP contribution is -2.24. The Morgan fingerprint density at radius 2 is 1.90 bits per heavy atom. The van der Waals surface area contributed by atoms with E-state index in [1.165, 1.54) is 0 Å². The smallest absolute Gasteiger partial charge is 0.145 e. The summed E-state index contributed by atoms with van der Waals surface area (Å²) in [4.78, 5) is 11.5. The predicted molar refractivity (Wildman–Crippen MR) is 84.1 cm³/mol. The van der Waals surface area contributed by atoms with Gasteiger partial charge in [0.1, 0.15) is 11.6 Å². The van der Waals surface area contributed by atoms with Gasteiger partial charge in [-0.15, -0.1) is 0 Å². The Morgan fingerprint density at radius 1 is 1.10 bits per heavy atom. The summed E-state index contributed by atoms with van der Waals surface area (Å²) in [5, 5.41) is 7.40. The highest BCUT2D eigenvalue weighted by atomic mass is 15.2. The third-order valence-electron chi connectivity index (χ3n) is 3.25. The monoisotopic (exact) mass is 273 g/mol. The first-order valence-corrected chi connectivity index (χ1v) is 7.02. The van der Waals surface area contributed by atoms with E-state index >= 15 is 0 Å². The summed E-state index contributed by atoms with van der Waals surface area (Å²) in [6.45, 7) is 2.67. The van der Waals surface area contributed by atoms with E-state index in [1.807, 2.05) is 32.3 Å². The lowest BCUT2D eigenvalue weighted by Gasteiger charge is -2.20. The Labute approximate surface area is 120 Å². The van der Waals surface area contributed by atoms with Gasteiger partial charge in [0.15, 0.2) is 0 Å². The minimum atomic E-state index is 0.683. The minimum absolute atomic E-state index is 0.683. The molecule has 20 heavy (non-hydrogen) atoms. The van der Waals surface area contributed by atoms with E-state index < -0.39 is 0 Å². The normalized spacial score (nSPS) is 10.9. The molecule has 0 atom stereocenters. The maximum Gasteiger partial charge on any atom is 0.145 e. The molecule has 0 saturated heterocycles. The number of para-hydroxylation sites is 1. The summed E-state index contributed by atoms with van der Waals surface area (Å²) < 4.78 is 0. The second-order valence-corrected chi connectivity index (χ2v) is 4.89. The van der Waals surface area contributed by atoms with Crippen LogP contribution in [0.25, 0.3) is 10.9 Å². The van der Waals surface area contributed by atoms with Crippen LogP contribution in [0.2, 0.25) is 0 Å². The number of hydrogen-bond donors (Lipinski definition) is 2. The third-order valence-corrected chi connectivity index (χ3v) is 3.25. The minimum Gasteiger partial charge on any atom is -0.359 e. The fraction of sp³-hybridized carbons (Fsp3) is 0.467. The van der Waals surface area contributed by atoms with Gasteiger partial charge in [-0.25, -0.2) is 9.97 Å². The number of fused-ring (bicyclic) bond motifs is 1. The van der Waals surface area contributed by atoms with Crippen molar-refractivity contribution in [1.82, 2.24) is 20.6 Å². The third kappa shape index (κ3) is 3.43. The van der Waals surface area contributed by atoms with Crippen LogP contribution in [-0.4, -0.2) is 44.2 Å². The van der Waals surface area contributed by atoms with Crippen LogP contribution < -0.4 is 15.5 Å². The van der Waals surface area contributed by atoms with Gasteiger partial charge >= 0.3 is 0 Å². The van der Waals surface area contributed by atoms with Crippen molar-refractivity contribution in [2.24, 2.45) is 0 Å². The van der Waals surface area contributed by atoms with Crippen molar-refractivity contribution in [3.05, 3.63) is 30.1 Å². The fourth-order valence-corrected chi connectivity index (χ4v) is 2.23. The molecule has 1 aromatic heterocycles. The zero-order chi connectivity index (χ0) is 14.4. The standard InChI is InChI=1S/C15H23N5/c1-16-9-6-10-20(3)15-12-7-4-5-8-13(12)18-14(19-15)11-17-2/h4-5,7-8,16-17H,6,9-11H2,1-3H3. The van der Waals surface area contributed by atoms with Crippen LogP contribution in [0.4, 0.5) is 5.82 Å². The molecule has 1 heterocycles. The number of nitrogens with zero attached hydrogens (tertiary/aromatic N) is 3. The Balaban J connectivity index is 2.33. The molecule has 5 heteroatoms. The van der Waals surface area contributed by atoms with Crippen LogP contribution >= 0.6 is 0 Å². The first kappa shape index (κ1) is 14.7. The van der Waals surface area contributed by atoms with Gasteiger partial charge in [0, 0.05) is 19.0 Å². The number of benzene rings is 1. The van der Waals surface area contributed by atoms with Crippen molar-refractivity contribution in [3.63, 3.8) is 0 Å². The molecule has 0 bridgehead atoms. The molecule has 0 aliphatic heterocycles. The van der Waals surface area contributed by atoms with Gasteiger partial charge in [0.05, 0.1) is 12.1 Å². The van der Waals surface area contributed by atoms with Gasteiger partial charge in [0.25, 0.3) is 0 Å². The van der Waals surface area contributed by atoms with Crippen LogP contribution in [0.15, 0.2) is 24.3 Å². The molecule has 0 spiro atoms. The van der Waals surface area contributed by atoms with E-state index in [9.17, 15) is 0 Å². The summed E-state index contributed by atoms with van der Waals surface area (Å²) >= 11 is 0. The van der Waals surface area contributed by atoms with Gasteiger partial charge in [-0.05, 0) is 39.2 Å². The summed E-state index contributed by atoms with van der Waals surface area (Å²) in [6, 6.07) is 8.18. The van der Waals surface area contributed by atoms with Gasteiger partial charge in [-0.1, -0.05) is 12.1 Å². The molecule has 2 rings (SSSR count). The maximum absolute atomic E-state index is 4.70. The van der Waals surface area contributed by atoms with Crippen LogP contribution in [-0.2, 0) is 6.54 Å². The number of hydrogen-bond acceptors (Lipinski definition) is 5. The van der Waals surface area contributed by atoms with Gasteiger partial charge in [-0.2, -0.15) is 0 Å². The molecule has 0 aliphatic rings. The second-order valence-electron chi connectivity index (χ2n) is 4.89. The molecule has 0 radical (unpaired) electrons. The number of anilines is 1. The Kier molecular flexibility index (Phi) is 5.26. The van der Waals surface area contributed by atoms with E-state index in [2.05, 4.69) is 33.6 Å². The molecule has 0 unspecified atom stereocenters. The topological polar surface area (TPSA) is 53.1 Å². The van der Waals surface area contributed by atoms with Gasteiger partial charge in [-0.3, -0.25) is 0 Å². The van der Waals surface area contributed by atoms with Crippen LogP contribution in [0, 0.1) is 0 Å². The Morgan fingerprint density at radius 3 is 2.65 bits per heavy atom. The Hall–Kier alpha value is -1.72. The van der Waals surface area contributed by atoms with E-state index in [-0.39, 0.29) is 0 Å². The first-order valence-electron chi connectivity index (χ1n) is 7.02. The van der Waals surface area contributed by atoms with Gasteiger partial charge < -0.3 is 15.5 Å². The lowest BCUT2D eigenvalue weighted by atomic mass is 10.2. The zero-order valence-electron chi connectivity index (χ0n) is 12.5. The number of aromatic nitrogens is 2. The summed E-state index contributed by atoms with van der Waals surface area (Å²) in [6.07, 6.45) is 1.09. The highest BCUT2D eigenvalue weighted by molar-refractivity contribution is 5.89. The van der Waals surface area contributed by atoms with Crippen molar-refractivity contribution in [3.8, 4) is 0 Å². The summed E-state index contributed by atoms with van der Waals surface area (Å²) in [7, 11) is 5.98. The summed E-state index contributed by atoms with van der Waals surface area (Å²) in [5.74, 6) is 1.85. The predicted octanol–water partition coefficient (Wildman–Crippen LogP) is 1.39. The molecule has 108 valence electrons. The molecule has 5 nitrogen and oxygen atoms in total. The average Bonchev–Trinajstić information content (AvgIpc) is 2.47. The molecule has 2 N–H and O–H groups in total. The lowest BCUT2D eigenvalue weighted by molar-refractivity contribution is 0.705. The van der Waals surface area contributed by atoms with Crippen molar-refractivity contribution >= 4 is 16.7 Å². The quantitative estimate of drug-likeness (QED) is 0.747. The largest absolute Gasteiger partial charge is 0.359 e. The van der Waals surface area contributed by atoms with Crippen molar-refractivity contribution in [1.29, 1.82) is 0 Å². The second kappa shape index (κ2) is 7.17. The SMILES string of the molecule is CNCCCN(C)c1nc(CNC)nc2ccccc12. The van der Waals surface area contributed by atoms with Gasteiger partial charge in [0.2, 0.25) is 0 Å². The molecular weight excluding hydrogens is 250 g/mol. The van der Waals surface area contributed by atoms with E-state index in [1.54, 1.807) is 0 Å². The number of rotatable bonds is 7. The van der Waals surface area contributed by atoms with Crippen molar-refractivity contribution in [2.75, 3.05) is 39.1 Å². The Bertz CT molecular complexity index is 555. The summed E-state index contributed by atoms with van der Waals surface area (Å²) in [5.41, 5.74) is 1.00. The molecule has 1 aromatic carbocycles. The maximum atomic E-state index is 4.70. The fourth-order valence-electron chi connectivity index (χ4n) is 2.23. The average molecular weight is 273 g/mol. The molecule has 0 amide bonds. The van der Waals surface area contributed by atoms with E-state index in [0.717, 1.165) is 42.1 Å². The first-order chi connectivity index (χ1) is 9.76. The molecule has 0 saturated carbocycles. The van der Waals surface area contributed by atoms with Crippen LogP contribution in [0.1, 0.15) is 12.2 Å². The van der Waals surface area contributed by atoms with E-state index in [4.69, 9.17) is 4.98 Å². The highest BCUT2D eigenvalue weighted by Crippen LogP contribution is 2.22. The zero-order valence-corrected chi connectivity index (χ0v) is 12.5. The van der Waals surface area contributed by atoms with Crippen LogP contribution in [0.5, 0.6) is 0 Å². The van der Waals surface area contributed by atoms with Crippen LogP contribution in [0.3, 0.4) is 0 Å². The van der Waals surface area contributed by atoms with Crippen molar-refractivity contribution in [2.45, 2.75) is 13.0 Å². The molecule has 0 aliphatic carbocycles. The number of nitrogens with one attached hydrogen (secondary N) is 2.